The number of likely N-dealkylation sites (N-methyl/N-ethyl adjacent to an activating group) is 1. The molecule has 0 spiro atoms. The standard InChI is InChI=1S/C17H20N2O2S/c1-19(2)14(13-7-8-22-11-13)10-18-17(20)16-9-12-5-3-4-6-15(12)21-16/h3-8,11,14,16H,9-10H2,1-2H3,(H,18,20). The van der Waals surface area contributed by atoms with Crippen molar-refractivity contribution in [1.82, 2.24) is 10.2 Å². The summed E-state index contributed by atoms with van der Waals surface area (Å²) in [5.41, 5.74) is 2.33. The van der Waals surface area contributed by atoms with Crippen LogP contribution in [0.1, 0.15) is 17.2 Å². The normalized spacial score (nSPS) is 17.9. The summed E-state index contributed by atoms with van der Waals surface area (Å²) in [4.78, 5) is 14.5. The van der Waals surface area contributed by atoms with E-state index in [1.807, 2.05) is 38.4 Å². The number of carbonyl (C=O) groups is 1. The van der Waals surface area contributed by atoms with Crippen LogP contribution in [-0.2, 0) is 11.2 Å². The summed E-state index contributed by atoms with van der Waals surface area (Å²) >= 11 is 1.67. The number of ether oxygens (including phenoxy) is 1. The van der Waals surface area contributed by atoms with E-state index in [9.17, 15) is 4.79 Å². The van der Waals surface area contributed by atoms with Crippen LogP contribution in [0.5, 0.6) is 5.75 Å². The Morgan fingerprint density at radius 1 is 1.41 bits per heavy atom. The van der Waals surface area contributed by atoms with Crippen molar-refractivity contribution in [2.75, 3.05) is 20.6 Å². The van der Waals surface area contributed by atoms with E-state index < -0.39 is 6.10 Å². The number of para-hydroxylation sites is 1. The molecule has 3 rings (SSSR count). The Kier molecular flexibility index (Phi) is 4.45. The summed E-state index contributed by atoms with van der Waals surface area (Å²) in [6.07, 6.45) is 0.232. The molecule has 0 saturated heterocycles. The summed E-state index contributed by atoms with van der Waals surface area (Å²) < 4.78 is 5.73. The molecule has 0 saturated carbocycles. The fourth-order valence-electron chi connectivity index (χ4n) is 2.70. The number of thiophene rings is 1. The van der Waals surface area contributed by atoms with Gasteiger partial charge >= 0.3 is 0 Å². The molecule has 1 aliphatic heterocycles. The minimum atomic E-state index is -0.414. The maximum atomic E-state index is 12.4. The Morgan fingerprint density at radius 2 is 2.23 bits per heavy atom. The Morgan fingerprint density at radius 3 is 2.91 bits per heavy atom. The molecule has 1 N–H and O–H groups in total. The minimum Gasteiger partial charge on any atom is -0.480 e. The molecule has 22 heavy (non-hydrogen) atoms. The molecule has 116 valence electrons. The van der Waals surface area contributed by atoms with Gasteiger partial charge in [0.05, 0.1) is 6.04 Å². The van der Waals surface area contributed by atoms with E-state index >= 15 is 0 Å². The summed E-state index contributed by atoms with van der Waals surface area (Å²) in [5, 5.41) is 7.21. The van der Waals surface area contributed by atoms with Gasteiger partial charge in [-0.1, -0.05) is 18.2 Å². The van der Waals surface area contributed by atoms with Gasteiger partial charge in [0.2, 0.25) is 0 Å². The molecule has 5 heteroatoms. The van der Waals surface area contributed by atoms with Crippen molar-refractivity contribution in [3.8, 4) is 5.75 Å². The number of fused-ring (bicyclic) bond motifs is 1. The SMILES string of the molecule is CN(C)C(CNC(=O)C1Cc2ccccc2O1)c1ccsc1. The molecule has 2 atom stereocenters. The van der Waals surface area contributed by atoms with E-state index in [0.29, 0.717) is 13.0 Å². The van der Waals surface area contributed by atoms with Crippen molar-refractivity contribution in [3.63, 3.8) is 0 Å². The average Bonchev–Trinajstić information content (AvgIpc) is 3.16. The van der Waals surface area contributed by atoms with E-state index in [4.69, 9.17) is 4.74 Å². The lowest BCUT2D eigenvalue weighted by Gasteiger charge is -2.24. The lowest BCUT2D eigenvalue weighted by Crippen LogP contribution is -2.41. The van der Waals surface area contributed by atoms with Gasteiger partial charge in [0, 0.05) is 13.0 Å². The lowest BCUT2D eigenvalue weighted by molar-refractivity contribution is -0.127. The fourth-order valence-corrected chi connectivity index (χ4v) is 3.41. The van der Waals surface area contributed by atoms with Crippen LogP contribution in [0.2, 0.25) is 0 Å². The van der Waals surface area contributed by atoms with E-state index in [1.165, 1.54) is 5.56 Å². The topological polar surface area (TPSA) is 41.6 Å². The van der Waals surface area contributed by atoms with Crippen molar-refractivity contribution in [2.45, 2.75) is 18.6 Å². The highest BCUT2D eigenvalue weighted by atomic mass is 32.1. The maximum Gasteiger partial charge on any atom is 0.261 e. The third-order valence-corrected chi connectivity index (χ3v) is 4.66. The number of nitrogens with one attached hydrogen (secondary N) is 1. The van der Waals surface area contributed by atoms with Crippen LogP contribution in [0.25, 0.3) is 0 Å². The second-order valence-corrected chi connectivity index (χ2v) is 6.48. The Hall–Kier alpha value is -1.85. The number of rotatable bonds is 5. The lowest BCUT2D eigenvalue weighted by atomic mass is 10.1. The Balaban J connectivity index is 1.59. The van der Waals surface area contributed by atoms with Gasteiger partial charge in [0.15, 0.2) is 6.10 Å². The first-order valence-electron chi connectivity index (χ1n) is 7.36. The highest BCUT2D eigenvalue weighted by Crippen LogP contribution is 2.28. The van der Waals surface area contributed by atoms with Gasteiger partial charge in [-0.3, -0.25) is 4.79 Å². The fraction of sp³-hybridized carbons (Fsp3) is 0.353. The third kappa shape index (κ3) is 3.15. The molecular formula is C17H20N2O2S. The predicted molar refractivity (Wildman–Crippen MR) is 88.3 cm³/mol. The molecule has 0 bridgehead atoms. The highest BCUT2D eigenvalue weighted by molar-refractivity contribution is 7.07. The molecule has 1 aliphatic rings. The zero-order valence-electron chi connectivity index (χ0n) is 12.8. The molecule has 2 heterocycles. The minimum absolute atomic E-state index is 0.0433. The Bertz CT molecular complexity index is 615. The molecule has 0 aliphatic carbocycles. The quantitative estimate of drug-likeness (QED) is 0.921. The monoisotopic (exact) mass is 316 g/mol. The zero-order valence-corrected chi connectivity index (χ0v) is 13.6. The van der Waals surface area contributed by atoms with Crippen LogP contribution < -0.4 is 10.1 Å². The van der Waals surface area contributed by atoms with Crippen LogP contribution in [0.15, 0.2) is 41.1 Å². The summed E-state index contributed by atoms with van der Waals surface area (Å²) in [6.45, 7) is 0.582. The first-order valence-corrected chi connectivity index (χ1v) is 8.30. The van der Waals surface area contributed by atoms with Crippen LogP contribution in [0, 0.1) is 0 Å². The van der Waals surface area contributed by atoms with Crippen LogP contribution in [0.4, 0.5) is 0 Å². The third-order valence-electron chi connectivity index (χ3n) is 3.96. The van der Waals surface area contributed by atoms with E-state index in [2.05, 4.69) is 27.0 Å². The second-order valence-electron chi connectivity index (χ2n) is 5.70. The zero-order chi connectivity index (χ0) is 15.5. The number of hydrogen-bond acceptors (Lipinski definition) is 4. The van der Waals surface area contributed by atoms with Gasteiger partial charge in [0.25, 0.3) is 5.91 Å². The second kappa shape index (κ2) is 6.50. The number of benzene rings is 1. The molecule has 2 unspecified atom stereocenters. The molecule has 0 radical (unpaired) electrons. The summed E-state index contributed by atoms with van der Waals surface area (Å²) in [7, 11) is 4.05. The summed E-state index contributed by atoms with van der Waals surface area (Å²) in [6, 6.07) is 10.1. The van der Waals surface area contributed by atoms with Crippen LogP contribution >= 0.6 is 11.3 Å². The van der Waals surface area contributed by atoms with Crippen molar-refractivity contribution in [1.29, 1.82) is 0 Å². The van der Waals surface area contributed by atoms with Gasteiger partial charge in [-0.25, -0.2) is 0 Å². The Labute approximate surface area is 134 Å². The number of carbonyl (C=O) groups excluding carboxylic acids is 1. The highest BCUT2D eigenvalue weighted by Gasteiger charge is 2.29. The maximum absolute atomic E-state index is 12.4. The van der Waals surface area contributed by atoms with Gasteiger partial charge in [-0.15, -0.1) is 0 Å². The van der Waals surface area contributed by atoms with Gasteiger partial charge in [-0.2, -0.15) is 11.3 Å². The van der Waals surface area contributed by atoms with Crippen molar-refractivity contribution in [3.05, 3.63) is 52.2 Å². The van der Waals surface area contributed by atoms with Gasteiger partial charge < -0.3 is 15.0 Å². The number of nitrogens with zero attached hydrogens (tertiary/aromatic N) is 1. The van der Waals surface area contributed by atoms with Gasteiger partial charge in [-0.05, 0) is 48.1 Å². The molecular weight excluding hydrogens is 296 g/mol. The van der Waals surface area contributed by atoms with Crippen molar-refractivity contribution in [2.24, 2.45) is 0 Å². The van der Waals surface area contributed by atoms with E-state index in [0.717, 1.165) is 11.3 Å². The summed E-state index contributed by atoms with van der Waals surface area (Å²) in [5.74, 6) is 0.780. The molecule has 4 nitrogen and oxygen atoms in total. The van der Waals surface area contributed by atoms with Crippen LogP contribution in [-0.4, -0.2) is 37.6 Å². The average molecular weight is 316 g/mol. The molecule has 1 aromatic heterocycles. The molecule has 1 amide bonds. The van der Waals surface area contributed by atoms with Crippen molar-refractivity contribution < 1.29 is 9.53 Å². The molecule has 2 aromatic rings. The van der Waals surface area contributed by atoms with E-state index in [-0.39, 0.29) is 11.9 Å². The first kappa shape index (κ1) is 15.1. The molecule has 1 aromatic carbocycles. The largest absolute Gasteiger partial charge is 0.480 e. The van der Waals surface area contributed by atoms with Crippen molar-refractivity contribution >= 4 is 17.2 Å². The predicted octanol–water partition coefficient (Wildman–Crippen LogP) is 2.47. The van der Waals surface area contributed by atoms with E-state index in [1.54, 1.807) is 11.3 Å². The molecule has 0 fully saturated rings. The first-order chi connectivity index (χ1) is 10.6. The smallest absolute Gasteiger partial charge is 0.261 e. The van der Waals surface area contributed by atoms with Gasteiger partial charge in [0.1, 0.15) is 5.75 Å². The van der Waals surface area contributed by atoms with Crippen LogP contribution in [0.3, 0.4) is 0 Å². The number of hydrogen-bond donors (Lipinski definition) is 1. The number of amides is 1.